The van der Waals surface area contributed by atoms with Gasteiger partial charge in [0.2, 0.25) is 11.8 Å². The summed E-state index contributed by atoms with van der Waals surface area (Å²) >= 11 is 0. The monoisotopic (exact) mass is 345 g/mol. The van der Waals surface area contributed by atoms with Crippen molar-refractivity contribution in [2.45, 2.75) is 50.0 Å². The second kappa shape index (κ2) is 6.25. The maximum Gasteiger partial charge on any atom is 0.229 e. The molecule has 2 aromatic rings. The smallest absolute Gasteiger partial charge is 0.229 e. The lowest BCUT2D eigenvalue weighted by atomic mass is 9.89. The predicted octanol–water partition coefficient (Wildman–Crippen LogP) is 0.819. The molecule has 2 aromatic heterocycles. The van der Waals surface area contributed by atoms with Crippen LogP contribution in [-0.4, -0.2) is 54.5 Å². The molecule has 0 radical (unpaired) electrons. The van der Waals surface area contributed by atoms with Crippen LogP contribution in [0, 0.1) is 0 Å². The summed E-state index contributed by atoms with van der Waals surface area (Å²) in [6.07, 6.45) is 7.75. The van der Waals surface area contributed by atoms with E-state index in [1.165, 1.54) is 0 Å². The predicted molar refractivity (Wildman–Crippen MR) is 87.7 cm³/mol. The van der Waals surface area contributed by atoms with Crippen LogP contribution in [-0.2, 0) is 24.7 Å². The number of nitrogens with zero attached hydrogens (tertiary/aromatic N) is 5. The van der Waals surface area contributed by atoms with E-state index in [4.69, 9.17) is 4.52 Å². The van der Waals surface area contributed by atoms with E-state index >= 15 is 0 Å². The van der Waals surface area contributed by atoms with E-state index in [0.717, 1.165) is 30.7 Å². The molecule has 2 aliphatic rings. The highest BCUT2D eigenvalue weighted by Gasteiger charge is 2.38. The Morgan fingerprint density at radius 1 is 1.48 bits per heavy atom. The fourth-order valence-corrected chi connectivity index (χ4v) is 3.45. The van der Waals surface area contributed by atoms with Gasteiger partial charge < -0.3 is 14.5 Å². The van der Waals surface area contributed by atoms with Crippen LogP contribution in [0.2, 0.25) is 0 Å². The Morgan fingerprint density at radius 3 is 3.04 bits per heavy atom. The van der Waals surface area contributed by atoms with E-state index in [0.29, 0.717) is 44.2 Å². The lowest BCUT2D eigenvalue weighted by Gasteiger charge is -2.38. The Kier molecular flexibility index (Phi) is 4.07. The lowest BCUT2D eigenvalue weighted by molar-refractivity contribution is -0.137. The fourth-order valence-electron chi connectivity index (χ4n) is 3.45. The molecular formula is C17H23N5O3. The van der Waals surface area contributed by atoms with Crippen molar-refractivity contribution < 1.29 is 14.4 Å². The van der Waals surface area contributed by atoms with Gasteiger partial charge in [-0.2, -0.15) is 10.1 Å². The number of carbonyl (C=O) groups excluding carboxylic acids is 1. The van der Waals surface area contributed by atoms with E-state index in [-0.39, 0.29) is 5.91 Å². The Hall–Kier alpha value is -2.22. The average molecular weight is 345 g/mol. The molecular weight excluding hydrogens is 322 g/mol. The Labute approximate surface area is 145 Å². The fraction of sp³-hybridized carbons (Fsp3) is 0.647. The third-order valence-corrected chi connectivity index (χ3v) is 4.93. The van der Waals surface area contributed by atoms with Crippen LogP contribution in [0.5, 0.6) is 0 Å². The van der Waals surface area contributed by atoms with Crippen molar-refractivity contribution in [1.82, 2.24) is 24.8 Å². The molecule has 1 saturated carbocycles. The molecule has 1 amide bonds. The average Bonchev–Trinajstić information content (AvgIpc) is 3.19. The molecule has 25 heavy (non-hydrogen) atoms. The number of aromatic nitrogens is 4. The summed E-state index contributed by atoms with van der Waals surface area (Å²) < 4.78 is 6.98. The maximum absolute atomic E-state index is 12.5. The highest BCUT2D eigenvalue weighted by atomic mass is 16.5. The SMILES string of the molecule is Cn1cc(CC(=O)N2CCCC(O)(Cc3nc(C4CC4)no3)C2)cn1. The first-order valence-corrected chi connectivity index (χ1v) is 8.81. The topological polar surface area (TPSA) is 97.3 Å². The number of likely N-dealkylation sites (tertiary alicyclic amines) is 1. The number of β-amino-alcohol motifs (C(OH)–C–C–N with tert-alkyl or cyclic N) is 1. The number of hydrogen-bond acceptors (Lipinski definition) is 6. The van der Waals surface area contributed by atoms with Crippen molar-refractivity contribution in [3.8, 4) is 0 Å². The summed E-state index contributed by atoms with van der Waals surface area (Å²) in [4.78, 5) is 18.7. The molecule has 1 unspecified atom stereocenters. The van der Waals surface area contributed by atoms with Crippen LogP contribution < -0.4 is 0 Å². The van der Waals surface area contributed by atoms with Gasteiger partial charge in [-0.3, -0.25) is 9.48 Å². The molecule has 134 valence electrons. The van der Waals surface area contributed by atoms with Gasteiger partial charge >= 0.3 is 0 Å². The second-order valence-corrected chi connectivity index (χ2v) is 7.34. The third kappa shape index (κ3) is 3.73. The molecule has 1 atom stereocenters. The number of rotatable bonds is 5. The molecule has 1 aliphatic carbocycles. The number of piperidine rings is 1. The van der Waals surface area contributed by atoms with E-state index in [9.17, 15) is 9.90 Å². The lowest BCUT2D eigenvalue weighted by Crippen LogP contribution is -2.51. The van der Waals surface area contributed by atoms with Crippen molar-refractivity contribution in [3.05, 3.63) is 29.7 Å². The van der Waals surface area contributed by atoms with Gasteiger partial charge in [-0.05, 0) is 31.2 Å². The second-order valence-electron chi connectivity index (χ2n) is 7.34. The normalized spacial score (nSPS) is 23.8. The van der Waals surface area contributed by atoms with E-state index < -0.39 is 5.60 Å². The van der Waals surface area contributed by atoms with Crippen molar-refractivity contribution >= 4 is 5.91 Å². The van der Waals surface area contributed by atoms with Crippen LogP contribution in [0.3, 0.4) is 0 Å². The quantitative estimate of drug-likeness (QED) is 0.862. The number of aliphatic hydroxyl groups is 1. The summed E-state index contributed by atoms with van der Waals surface area (Å²) in [6, 6.07) is 0. The van der Waals surface area contributed by atoms with Gasteiger partial charge in [0.1, 0.15) is 0 Å². The largest absolute Gasteiger partial charge is 0.388 e. The van der Waals surface area contributed by atoms with Gasteiger partial charge in [-0.1, -0.05) is 5.16 Å². The summed E-state index contributed by atoms with van der Waals surface area (Å²) in [7, 11) is 1.83. The zero-order valence-corrected chi connectivity index (χ0v) is 14.4. The highest BCUT2D eigenvalue weighted by Crippen LogP contribution is 2.38. The van der Waals surface area contributed by atoms with Gasteiger partial charge in [0.05, 0.1) is 24.6 Å². The number of aryl methyl sites for hydroxylation is 1. The molecule has 1 N–H and O–H groups in total. The Balaban J connectivity index is 1.39. The van der Waals surface area contributed by atoms with E-state index in [1.54, 1.807) is 15.8 Å². The van der Waals surface area contributed by atoms with Gasteiger partial charge in [-0.15, -0.1) is 0 Å². The molecule has 0 aromatic carbocycles. The van der Waals surface area contributed by atoms with Crippen LogP contribution in [0.4, 0.5) is 0 Å². The molecule has 0 bridgehead atoms. The Bertz CT molecular complexity index is 766. The highest BCUT2D eigenvalue weighted by molar-refractivity contribution is 5.78. The molecule has 8 nitrogen and oxygen atoms in total. The zero-order valence-electron chi connectivity index (χ0n) is 14.4. The zero-order chi connectivity index (χ0) is 17.4. The first-order chi connectivity index (χ1) is 12.0. The molecule has 4 rings (SSSR count). The van der Waals surface area contributed by atoms with E-state index in [1.807, 2.05) is 13.2 Å². The van der Waals surface area contributed by atoms with Crippen LogP contribution >= 0.6 is 0 Å². The minimum Gasteiger partial charge on any atom is -0.388 e. The number of carbonyl (C=O) groups is 1. The molecule has 1 saturated heterocycles. The van der Waals surface area contributed by atoms with Crippen LogP contribution in [0.25, 0.3) is 0 Å². The minimum absolute atomic E-state index is 0.00956. The summed E-state index contributed by atoms with van der Waals surface area (Å²) in [5.74, 6) is 1.65. The Morgan fingerprint density at radius 2 is 2.32 bits per heavy atom. The molecule has 0 spiro atoms. The summed E-state index contributed by atoms with van der Waals surface area (Å²) in [6.45, 7) is 0.964. The summed E-state index contributed by atoms with van der Waals surface area (Å²) in [5.41, 5.74) is -0.122. The van der Waals surface area contributed by atoms with Gasteiger partial charge in [0.15, 0.2) is 5.82 Å². The van der Waals surface area contributed by atoms with Crippen molar-refractivity contribution in [2.75, 3.05) is 13.1 Å². The first kappa shape index (κ1) is 16.3. The van der Waals surface area contributed by atoms with Gasteiger partial charge in [0.25, 0.3) is 0 Å². The van der Waals surface area contributed by atoms with Crippen molar-refractivity contribution in [3.63, 3.8) is 0 Å². The molecule has 3 heterocycles. The summed E-state index contributed by atoms with van der Waals surface area (Å²) in [5, 5.41) is 19.0. The van der Waals surface area contributed by atoms with Gasteiger partial charge in [-0.25, -0.2) is 0 Å². The van der Waals surface area contributed by atoms with E-state index in [2.05, 4.69) is 15.2 Å². The molecule has 1 aliphatic heterocycles. The maximum atomic E-state index is 12.5. The van der Waals surface area contributed by atoms with Crippen molar-refractivity contribution in [2.24, 2.45) is 7.05 Å². The van der Waals surface area contributed by atoms with Gasteiger partial charge in [0, 0.05) is 32.3 Å². The number of hydrogen-bond donors (Lipinski definition) is 1. The van der Waals surface area contributed by atoms with Crippen molar-refractivity contribution in [1.29, 1.82) is 0 Å². The standard InChI is InChI=1S/C17H23N5O3/c1-21-10-12(9-18-21)7-15(23)22-6-2-5-17(24,11-22)8-14-19-16(20-25-14)13-3-4-13/h9-10,13,24H,2-8,11H2,1H3. The molecule has 2 fully saturated rings. The van der Waals surface area contributed by atoms with Crippen LogP contribution in [0.15, 0.2) is 16.9 Å². The molecule has 8 heteroatoms. The first-order valence-electron chi connectivity index (χ1n) is 8.81. The third-order valence-electron chi connectivity index (χ3n) is 4.93. The number of amides is 1. The van der Waals surface area contributed by atoms with Crippen LogP contribution in [0.1, 0.15) is 48.9 Å². The minimum atomic E-state index is -1.00.